The number of amides is 2. The molecule has 0 aliphatic heterocycles. The van der Waals surface area contributed by atoms with Crippen molar-refractivity contribution in [2.75, 3.05) is 0 Å². The molecule has 1 unspecified atom stereocenters. The van der Waals surface area contributed by atoms with Gasteiger partial charge in [-0.15, -0.1) is 0 Å². The highest BCUT2D eigenvalue weighted by atomic mass is 16.6. The van der Waals surface area contributed by atoms with E-state index in [1.807, 2.05) is 26.0 Å². The molecule has 0 aliphatic carbocycles. The molecule has 0 saturated heterocycles. The Hall–Kier alpha value is -3.36. The Kier molecular flexibility index (Phi) is 5.38. The predicted octanol–water partition coefficient (Wildman–Crippen LogP) is 2.03. The monoisotopic (exact) mass is 347 g/mol. The average molecular weight is 347 g/mol. The number of furan rings is 1. The zero-order chi connectivity index (χ0) is 18.6. The van der Waals surface area contributed by atoms with E-state index >= 15 is 0 Å². The average Bonchev–Trinajstić information content (AvgIpc) is 3.06. The van der Waals surface area contributed by atoms with Gasteiger partial charge in [-0.25, -0.2) is 0 Å². The molecule has 1 heterocycles. The smallest absolute Gasteiger partial charge is 0.433 e. The lowest BCUT2D eigenvalue weighted by Gasteiger charge is -2.17. The number of hydrogen-bond donors (Lipinski definition) is 2. The summed E-state index contributed by atoms with van der Waals surface area (Å²) in [5.74, 6) is -1.70. The second-order valence-electron chi connectivity index (χ2n) is 5.30. The quantitative estimate of drug-likeness (QED) is 0.630. The van der Waals surface area contributed by atoms with E-state index in [4.69, 9.17) is 9.15 Å². The van der Waals surface area contributed by atoms with Crippen LogP contribution in [-0.4, -0.2) is 22.8 Å². The zero-order valence-electron chi connectivity index (χ0n) is 13.9. The van der Waals surface area contributed by atoms with Gasteiger partial charge in [0.1, 0.15) is 10.7 Å². The van der Waals surface area contributed by atoms with E-state index < -0.39 is 28.7 Å². The highest BCUT2D eigenvalue weighted by Gasteiger charge is 2.20. The molecule has 2 N–H and O–H groups in total. The summed E-state index contributed by atoms with van der Waals surface area (Å²) in [5, 5.41) is 10.5. The highest BCUT2D eigenvalue weighted by molar-refractivity contribution is 5.93. The van der Waals surface area contributed by atoms with Crippen LogP contribution in [-0.2, 0) is 4.79 Å². The van der Waals surface area contributed by atoms with Crippen LogP contribution in [0.2, 0.25) is 0 Å². The first-order chi connectivity index (χ1) is 11.8. The number of carbonyl (C=O) groups excluding carboxylic acids is 2. The summed E-state index contributed by atoms with van der Waals surface area (Å²) in [5.41, 5.74) is 6.23. The minimum atomic E-state index is -0.869. The van der Waals surface area contributed by atoms with Crippen molar-refractivity contribution >= 4 is 17.7 Å². The second kappa shape index (κ2) is 7.47. The lowest BCUT2D eigenvalue weighted by molar-refractivity contribution is -0.402. The minimum absolute atomic E-state index is 0.296. The fraction of sp³-hybridized carbons (Fsp3) is 0.250. The van der Waals surface area contributed by atoms with E-state index in [-0.39, 0.29) is 5.76 Å². The van der Waals surface area contributed by atoms with Crippen molar-refractivity contribution < 1.29 is 23.7 Å². The van der Waals surface area contributed by atoms with Crippen molar-refractivity contribution in [2.45, 2.75) is 26.9 Å². The van der Waals surface area contributed by atoms with Gasteiger partial charge in [-0.1, -0.05) is 12.1 Å². The van der Waals surface area contributed by atoms with Crippen LogP contribution >= 0.6 is 0 Å². The number of hydrazine groups is 1. The summed E-state index contributed by atoms with van der Waals surface area (Å²) < 4.78 is 10.3. The van der Waals surface area contributed by atoms with Gasteiger partial charge < -0.3 is 9.15 Å². The van der Waals surface area contributed by atoms with Gasteiger partial charge >= 0.3 is 11.8 Å². The number of carbonyl (C=O) groups is 2. The van der Waals surface area contributed by atoms with Gasteiger partial charge in [0.15, 0.2) is 6.10 Å². The number of nitrogens with zero attached hydrogens (tertiary/aromatic N) is 1. The van der Waals surface area contributed by atoms with Gasteiger partial charge in [-0.3, -0.25) is 30.6 Å². The van der Waals surface area contributed by atoms with Crippen LogP contribution in [0.25, 0.3) is 0 Å². The van der Waals surface area contributed by atoms with Crippen molar-refractivity contribution in [3.63, 3.8) is 0 Å². The Morgan fingerprint density at radius 2 is 1.92 bits per heavy atom. The molecule has 0 aliphatic rings. The van der Waals surface area contributed by atoms with Crippen molar-refractivity contribution in [3.8, 4) is 5.75 Å². The molecule has 2 aromatic rings. The number of ether oxygens (including phenoxy) is 1. The van der Waals surface area contributed by atoms with Crippen LogP contribution in [0.3, 0.4) is 0 Å². The topological polar surface area (TPSA) is 124 Å². The van der Waals surface area contributed by atoms with Crippen LogP contribution in [0, 0.1) is 24.0 Å². The number of nitro groups is 1. The standard InChI is InChI=1S/C16H17N3O6/c1-9-5-4-6-12(10(9)2)24-11(3)15(20)17-18-16(21)13-7-8-14(25-13)19(22)23/h4-8,11H,1-3H3,(H,17,20)(H,18,21). The fourth-order valence-electron chi connectivity index (χ4n) is 1.93. The molecule has 132 valence electrons. The molecule has 1 atom stereocenters. The number of hydrogen-bond acceptors (Lipinski definition) is 6. The van der Waals surface area contributed by atoms with Crippen molar-refractivity contribution in [1.82, 2.24) is 10.9 Å². The van der Waals surface area contributed by atoms with Crippen LogP contribution in [0.1, 0.15) is 28.6 Å². The van der Waals surface area contributed by atoms with Gasteiger partial charge in [-0.2, -0.15) is 0 Å². The van der Waals surface area contributed by atoms with Crippen LogP contribution in [0.15, 0.2) is 34.7 Å². The Balaban J connectivity index is 1.91. The van der Waals surface area contributed by atoms with E-state index in [1.165, 1.54) is 6.92 Å². The highest BCUT2D eigenvalue weighted by Crippen LogP contribution is 2.21. The molecule has 1 aromatic carbocycles. The summed E-state index contributed by atoms with van der Waals surface area (Å²) in [6, 6.07) is 7.66. The maximum atomic E-state index is 12.0. The molecule has 25 heavy (non-hydrogen) atoms. The number of nitrogens with one attached hydrogen (secondary N) is 2. The van der Waals surface area contributed by atoms with Crippen LogP contribution in [0.4, 0.5) is 5.88 Å². The van der Waals surface area contributed by atoms with Crippen LogP contribution in [0.5, 0.6) is 5.75 Å². The minimum Gasteiger partial charge on any atom is -0.481 e. The van der Waals surface area contributed by atoms with Gasteiger partial charge in [0.25, 0.3) is 5.91 Å². The molecule has 1 aromatic heterocycles. The van der Waals surface area contributed by atoms with E-state index in [1.54, 1.807) is 6.07 Å². The Morgan fingerprint density at radius 1 is 1.20 bits per heavy atom. The third kappa shape index (κ3) is 4.34. The molecule has 2 amide bonds. The SMILES string of the molecule is Cc1cccc(OC(C)C(=O)NNC(=O)c2ccc([N+](=O)[O-])o2)c1C. The van der Waals surface area contributed by atoms with Crippen molar-refractivity contribution in [2.24, 2.45) is 0 Å². The lowest BCUT2D eigenvalue weighted by atomic mass is 10.1. The van der Waals surface area contributed by atoms with E-state index in [0.29, 0.717) is 5.75 Å². The third-order valence-electron chi connectivity index (χ3n) is 3.52. The molecule has 0 spiro atoms. The van der Waals surface area contributed by atoms with E-state index in [2.05, 4.69) is 10.9 Å². The molecule has 0 bridgehead atoms. The van der Waals surface area contributed by atoms with Gasteiger partial charge in [-0.05, 0) is 44.0 Å². The normalized spacial score (nSPS) is 11.5. The molecule has 9 heteroatoms. The molecule has 0 fully saturated rings. The molecular weight excluding hydrogens is 330 g/mol. The number of rotatable bonds is 5. The number of aryl methyl sites for hydroxylation is 1. The second-order valence-corrected chi connectivity index (χ2v) is 5.30. The van der Waals surface area contributed by atoms with Crippen molar-refractivity contribution in [3.05, 3.63) is 57.3 Å². The Bertz CT molecular complexity index is 814. The summed E-state index contributed by atoms with van der Waals surface area (Å²) >= 11 is 0. The first-order valence-corrected chi connectivity index (χ1v) is 7.37. The first kappa shape index (κ1) is 18.0. The lowest BCUT2D eigenvalue weighted by Crippen LogP contribution is -2.47. The third-order valence-corrected chi connectivity index (χ3v) is 3.52. The van der Waals surface area contributed by atoms with Gasteiger partial charge in [0.2, 0.25) is 5.76 Å². The molecule has 0 radical (unpaired) electrons. The van der Waals surface area contributed by atoms with E-state index in [0.717, 1.165) is 23.3 Å². The molecule has 0 saturated carbocycles. The van der Waals surface area contributed by atoms with Gasteiger partial charge in [0.05, 0.1) is 6.07 Å². The summed E-state index contributed by atoms with van der Waals surface area (Å²) in [6.45, 7) is 5.33. The maximum Gasteiger partial charge on any atom is 0.433 e. The fourth-order valence-corrected chi connectivity index (χ4v) is 1.93. The summed E-state index contributed by atoms with van der Waals surface area (Å²) in [7, 11) is 0. The Labute approximate surface area is 143 Å². The molecule has 9 nitrogen and oxygen atoms in total. The summed E-state index contributed by atoms with van der Waals surface area (Å²) in [4.78, 5) is 33.5. The van der Waals surface area contributed by atoms with Crippen molar-refractivity contribution in [1.29, 1.82) is 0 Å². The molecular formula is C16H17N3O6. The van der Waals surface area contributed by atoms with E-state index in [9.17, 15) is 19.7 Å². The van der Waals surface area contributed by atoms with Crippen LogP contribution < -0.4 is 15.6 Å². The largest absolute Gasteiger partial charge is 0.481 e. The predicted molar refractivity (Wildman–Crippen MR) is 87.0 cm³/mol. The Morgan fingerprint density at radius 3 is 2.56 bits per heavy atom. The maximum absolute atomic E-state index is 12.0. The first-order valence-electron chi connectivity index (χ1n) is 7.37. The molecule has 2 rings (SSSR count). The number of benzene rings is 1. The zero-order valence-corrected chi connectivity index (χ0v) is 13.9. The van der Waals surface area contributed by atoms with Gasteiger partial charge in [0, 0.05) is 0 Å². The summed E-state index contributed by atoms with van der Waals surface area (Å²) in [6.07, 6.45) is -0.869.